The number of hydrogen-bond acceptors (Lipinski definition) is 4. The summed E-state index contributed by atoms with van der Waals surface area (Å²) in [5, 5.41) is 5.11. The van der Waals surface area contributed by atoms with Crippen LogP contribution in [0.2, 0.25) is 0 Å². The first-order chi connectivity index (χ1) is 11.6. The molecule has 2 aromatic rings. The van der Waals surface area contributed by atoms with E-state index in [-0.39, 0.29) is 6.54 Å². The van der Waals surface area contributed by atoms with Crippen molar-refractivity contribution in [1.82, 2.24) is 5.32 Å². The molecule has 0 aliphatic rings. The molecule has 0 aliphatic heterocycles. The first kappa shape index (κ1) is 17.3. The van der Waals surface area contributed by atoms with Gasteiger partial charge in [0.05, 0.1) is 13.7 Å². The van der Waals surface area contributed by atoms with Gasteiger partial charge in [-0.25, -0.2) is 0 Å². The summed E-state index contributed by atoms with van der Waals surface area (Å²) in [5.41, 5.74) is 1.37. The fourth-order valence-electron chi connectivity index (χ4n) is 2.03. The van der Waals surface area contributed by atoms with E-state index >= 15 is 0 Å². The molecule has 0 aliphatic carbocycles. The van der Waals surface area contributed by atoms with Crippen molar-refractivity contribution < 1.29 is 19.1 Å². The lowest BCUT2D eigenvalue weighted by Crippen LogP contribution is -2.34. The predicted molar refractivity (Wildman–Crippen MR) is 91.1 cm³/mol. The van der Waals surface area contributed by atoms with Gasteiger partial charge in [-0.2, -0.15) is 0 Å². The van der Waals surface area contributed by atoms with E-state index in [1.54, 1.807) is 37.4 Å². The molecule has 2 rings (SSSR count). The molecule has 0 bridgehead atoms. The minimum Gasteiger partial charge on any atom is -0.497 e. The second-order valence-corrected chi connectivity index (χ2v) is 4.95. The van der Waals surface area contributed by atoms with E-state index in [9.17, 15) is 9.59 Å². The predicted octanol–water partition coefficient (Wildman–Crippen LogP) is 2.35. The number of carbonyl (C=O) groups excluding carboxylic acids is 2. The van der Waals surface area contributed by atoms with Crippen LogP contribution in [-0.2, 0) is 16.1 Å². The zero-order chi connectivity index (χ0) is 17.4. The largest absolute Gasteiger partial charge is 0.497 e. The quantitative estimate of drug-likeness (QED) is 0.798. The number of carbonyl (C=O) groups is 2. The van der Waals surface area contributed by atoms with Crippen LogP contribution in [0.5, 0.6) is 11.5 Å². The highest BCUT2D eigenvalue weighted by atomic mass is 16.5. The fraction of sp³-hybridized carbons (Fsp3) is 0.222. The molecule has 6 heteroatoms. The van der Waals surface area contributed by atoms with Crippen LogP contribution in [0.1, 0.15) is 12.5 Å². The molecule has 126 valence electrons. The Kier molecular flexibility index (Phi) is 6.19. The van der Waals surface area contributed by atoms with Gasteiger partial charge in [-0.1, -0.05) is 12.1 Å². The summed E-state index contributed by atoms with van der Waals surface area (Å²) in [6, 6.07) is 14.1. The van der Waals surface area contributed by atoms with Gasteiger partial charge in [0.25, 0.3) is 0 Å². The van der Waals surface area contributed by atoms with Crippen LogP contribution in [-0.4, -0.2) is 25.5 Å². The molecule has 0 heterocycles. The van der Waals surface area contributed by atoms with Crippen LogP contribution in [0, 0.1) is 0 Å². The second kappa shape index (κ2) is 8.57. The van der Waals surface area contributed by atoms with Crippen molar-refractivity contribution in [3.8, 4) is 11.5 Å². The van der Waals surface area contributed by atoms with Gasteiger partial charge in [0.2, 0.25) is 0 Å². The third-order valence-electron chi connectivity index (χ3n) is 3.22. The zero-order valence-electron chi connectivity index (χ0n) is 13.7. The third kappa shape index (κ3) is 5.01. The van der Waals surface area contributed by atoms with Gasteiger partial charge in [-0.05, 0) is 48.9 Å². The summed E-state index contributed by atoms with van der Waals surface area (Å²) in [7, 11) is 1.57. The van der Waals surface area contributed by atoms with Gasteiger partial charge in [-0.3, -0.25) is 9.59 Å². The Hall–Kier alpha value is -3.02. The molecule has 0 unspecified atom stereocenters. The lowest BCUT2D eigenvalue weighted by Gasteiger charge is -2.08. The Morgan fingerprint density at radius 2 is 1.75 bits per heavy atom. The van der Waals surface area contributed by atoms with E-state index in [1.807, 2.05) is 25.1 Å². The molecular weight excluding hydrogens is 308 g/mol. The number of hydrogen-bond donors (Lipinski definition) is 2. The van der Waals surface area contributed by atoms with Crippen LogP contribution in [0.3, 0.4) is 0 Å². The topological polar surface area (TPSA) is 76.7 Å². The highest BCUT2D eigenvalue weighted by Gasteiger charge is 2.13. The molecular formula is C18H20N2O4. The summed E-state index contributed by atoms with van der Waals surface area (Å²) >= 11 is 0. The number of ether oxygens (including phenoxy) is 2. The summed E-state index contributed by atoms with van der Waals surface area (Å²) in [6.45, 7) is 2.70. The number of benzene rings is 2. The number of rotatable bonds is 6. The molecule has 24 heavy (non-hydrogen) atoms. The maximum Gasteiger partial charge on any atom is 0.313 e. The van der Waals surface area contributed by atoms with Gasteiger partial charge in [0, 0.05) is 12.2 Å². The highest BCUT2D eigenvalue weighted by molar-refractivity contribution is 6.39. The smallest absolute Gasteiger partial charge is 0.313 e. The van der Waals surface area contributed by atoms with Crippen molar-refractivity contribution in [3.63, 3.8) is 0 Å². The van der Waals surface area contributed by atoms with Crippen molar-refractivity contribution in [2.45, 2.75) is 13.5 Å². The maximum absolute atomic E-state index is 11.9. The van der Waals surface area contributed by atoms with E-state index in [0.29, 0.717) is 23.8 Å². The minimum atomic E-state index is -0.720. The van der Waals surface area contributed by atoms with Crippen LogP contribution >= 0.6 is 0 Å². The van der Waals surface area contributed by atoms with Gasteiger partial charge in [-0.15, -0.1) is 0 Å². The molecule has 2 aromatic carbocycles. The first-order valence-electron chi connectivity index (χ1n) is 7.57. The van der Waals surface area contributed by atoms with Gasteiger partial charge in [0.1, 0.15) is 11.5 Å². The fourth-order valence-corrected chi connectivity index (χ4v) is 2.03. The van der Waals surface area contributed by atoms with E-state index in [1.165, 1.54) is 0 Å². The number of nitrogens with one attached hydrogen (secondary N) is 2. The Bertz CT molecular complexity index is 698. The van der Waals surface area contributed by atoms with Crippen molar-refractivity contribution in [2.75, 3.05) is 19.0 Å². The average molecular weight is 328 g/mol. The lowest BCUT2D eigenvalue weighted by molar-refractivity contribution is -0.136. The average Bonchev–Trinajstić information content (AvgIpc) is 2.61. The molecule has 0 atom stereocenters. The number of anilines is 1. The summed E-state index contributed by atoms with van der Waals surface area (Å²) in [6.07, 6.45) is 0. The van der Waals surface area contributed by atoms with Crippen LogP contribution < -0.4 is 20.1 Å². The van der Waals surface area contributed by atoms with E-state index < -0.39 is 11.8 Å². The van der Waals surface area contributed by atoms with E-state index in [0.717, 1.165) is 5.56 Å². The van der Waals surface area contributed by atoms with Gasteiger partial charge < -0.3 is 20.1 Å². The SMILES string of the molecule is CCOc1ccc(NC(=O)C(=O)NCc2cccc(OC)c2)cc1. The molecule has 0 spiro atoms. The normalized spacial score (nSPS) is 9.92. The monoisotopic (exact) mass is 328 g/mol. The summed E-state index contributed by atoms with van der Waals surface area (Å²) in [4.78, 5) is 23.8. The number of methoxy groups -OCH3 is 1. The van der Waals surface area contributed by atoms with Crippen LogP contribution in [0.4, 0.5) is 5.69 Å². The molecule has 0 saturated carbocycles. The molecule has 0 saturated heterocycles. The zero-order valence-corrected chi connectivity index (χ0v) is 13.7. The van der Waals surface area contributed by atoms with Gasteiger partial charge >= 0.3 is 11.8 Å². The van der Waals surface area contributed by atoms with E-state index in [4.69, 9.17) is 9.47 Å². The van der Waals surface area contributed by atoms with Crippen LogP contribution in [0.15, 0.2) is 48.5 Å². The van der Waals surface area contributed by atoms with Gasteiger partial charge in [0.15, 0.2) is 0 Å². The molecule has 2 amide bonds. The second-order valence-electron chi connectivity index (χ2n) is 4.95. The van der Waals surface area contributed by atoms with Crippen molar-refractivity contribution in [2.24, 2.45) is 0 Å². The van der Waals surface area contributed by atoms with Crippen molar-refractivity contribution in [3.05, 3.63) is 54.1 Å². The van der Waals surface area contributed by atoms with Crippen LogP contribution in [0.25, 0.3) is 0 Å². The Morgan fingerprint density at radius 1 is 1.00 bits per heavy atom. The first-order valence-corrected chi connectivity index (χ1v) is 7.57. The molecule has 6 nitrogen and oxygen atoms in total. The molecule has 2 N–H and O–H groups in total. The van der Waals surface area contributed by atoms with Crippen molar-refractivity contribution >= 4 is 17.5 Å². The Labute approximate surface area is 140 Å². The summed E-state index contributed by atoms with van der Waals surface area (Å²) < 4.78 is 10.4. The molecule has 0 fully saturated rings. The Balaban J connectivity index is 1.86. The summed E-state index contributed by atoms with van der Waals surface area (Å²) in [5.74, 6) is -0.0210. The highest BCUT2D eigenvalue weighted by Crippen LogP contribution is 2.15. The number of amides is 2. The Morgan fingerprint density at radius 3 is 2.42 bits per heavy atom. The third-order valence-corrected chi connectivity index (χ3v) is 3.22. The standard InChI is InChI=1S/C18H20N2O4/c1-3-24-15-9-7-14(8-10-15)20-18(22)17(21)19-12-13-5-4-6-16(11-13)23-2/h4-11H,3,12H2,1-2H3,(H,19,21)(H,20,22). The molecule has 0 radical (unpaired) electrons. The minimum absolute atomic E-state index is 0.243. The molecule has 0 aromatic heterocycles. The lowest BCUT2D eigenvalue weighted by atomic mass is 10.2. The van der Waals surface area contributed by atoms with Crippen molar-refractivity contribution in [1.29, 1.82) is 0 Å². The maximum atomic E-state index is 11.9. The van der Waals surface area contributed by atoms with E-state index in [2.05, 4.69) is 10.6 Å².